The number of nitrogens with one attached hydrogen (secondary N) is 2. The number of methoxy groups -OCH3 is 1. The summed E-state index contributed by atoms with van der Waals surface area (Å²) in [6, 6.07) is 1.34. The van der Waals surface area contributed by atoms with Crippen molar-refractivity contribution in [3.63, 3.8) is 0 Å². The fourth-order valence-corrected chi connectivity index (χ4v) is 2.37. The average molecular weight is 290 g/mol. The summed E-state index contributed by atoms with van der Waals surface area (Å²) >= 11 is 0. The molecule has 0 spiro atoms. The van der Waals surface area contributed by atoms with Gasteiger partial charge in [0.15, 0.2) is 5.03 Å². The fourth-order valence-electron chi connectivity index (χ4n) is 1.34. The third-order valence-electron chi connectivity index (χ3n) is 2.38. The number of hydrogen-bond acceptors (Lipinski definition) is 5. The van der Waals surface area contributed by atoms with Crippen LogP contribution in [0.5, 0.6) is 0 Å². The maximum atomic E-state index is 12.0. The van der Waals surface area contributed by atoms with Gasteiger partial charge < -0.3 is 10.1 Å². The first kappa shape index (κ1) is 15.6. The highest BCUT2D eigenvalue weighted by Crippen LogP contribution is 2.09. The lowest BCUT2D eigenvalue weighted by atomic mass is 10.4. The van der Waals surface area contributed by atoms with Gasteiger partial charge in [0, 0.05) is 27.3 Å². The number of amides is 1. The van der Waals surface area contributed by atoms with Crippen molar-refractivity contribution < 1.29 is 17.9 Å². The normalized spacial score (nSPS) is 11.7. The van der Waals surface area contributed by atoms with Gasteiger partial charge in [0.2, 0.25) is 5.91 Å². The molecule has 0 aromatic carbocycles. The number of nitrogens with zero attached hydrogens (tertiary/aromatic N) is 2. The van der Waals surface area contributed by atoms with E-state index in [0.29, 0.717) is 19.6 Å². The first-order valence-corrected chi connectivity index (χ1v) is 7.14. The van der Waals surface area contributed by atoms with E-state index in [9.17, 15) is 13.2 Å². The third kappa shape index (κ3) is 4.62. The van der Waals surface area contributed by atoms with Gasteiger partial charge in [0.1, 0.15) is 0 Å². The number of hydrogen-bond donors (Lipinski definition) is 2. The minimum absolute atomic E-state index is 0.0396. The molecular formula is C10H18N4O4S. The van der Waals surface area contributed by atoms with Crippen LogP contribution in [0.2, 0.25) is 0 Å². The van der Waals surface area contributed by atoms with Crippen LogP contribution in [0.1, 0.15) is 6.42 Å². The zero-order valence-corrected chi connectivity index (χ0v) is 11.7. The molecule has 8 nitrogen and oxygen atoms in total. The van der Waals surface area contributed by atoms with Crippen LogP contribution in [0.25, 0.3) is 0 Å². The molecule has 0 aliphatic rings. The molecule has 1 aromatic rings. The van der Waals surface area contributed by atoms with E-state index in [1.165, 1.54) is 19.3 Å². The number of rotatable bonds is 8. The summed E-state index contributed by atoms with van der Waals surface area (Å²) in [4.78, 5) is 11.5. The van der Waals surface area contributed by atoms with Crippen molar-refractivity contribution in [1.29, 1.82) is 0 Å². The minimum Gasteiger partial charge on any atom is -0.385 e. The number of H-pyrrole nitrogens is 1. The number of aromatic nitrogens is 2. The second kappa shape index (κ2) is 7.22. The average Bonchev–Trinajstić information content (AvgIpc) is 2.89. The summed E-state index contributed by atoms with van der Waals surface area (Å²) in [6.07, 6.45) is 2.02. The fraction of sp³-hybridized carbons (Fsp3) is 0.600. The first-order chi connectivity index (χ1) is 8.98. The minimum atomic E-state index is -3.70. The largest absolute Gasteiger partial charge is 0.385 e. The van der Waals surface area contributed by atoms with Crippen LogP contribution in [0.4, 0.5) is 0 Å². The third-order valence-corrected chi connectivity index (χ3v) is 4.11. The number of likely N-dealkylation sites (N-methyl/N-ethyl adjacent to an activating group) is 1. The van der Waals surface area contributed by atoms with Crippen molar-refractivity contribution in [2.75, 3.05) is 33.9 Å². The summed E-state index contributed by atoms with van der Waals surface area (Å²) in [5, 5.41) is 8.51. The Hall–Kier alpha value is -1.45. The molecule has 0 saturated heterocycles. The van der Waals surface area contributed by atoms with Gasteiger partial charge >= 0.3 is 0 Å². The SMILES string of the molecule is COCCCNC(=O)CN(C)S(=O)(=O)c1ccn[nH]1. The van der Waals surface area contributed by atoms with E-state index in [4.69, 9.17) is 4.74 Å². The number of sulfonamides is 1. The van der Waals surface area contributed by atoms with Crippen LogP contribution in [0.15, 0.2) is 17.3 Å². The van der Waals surface area contributed by atoms with Crippen LogP contribution in [0.3, 0.4) is 0 Å². The molecule has 0 radical (unpaired) electrons. The molecule has 19 heavy (non-hydrogen) atoms. The molecule has 0 atom stereocenters. The molecule has 1 rings (SSSR count). The predicted octanol–water partition coefficient (Wildman–Crippen LogP) is -0.817. The second-order valence-corrected chi connectivity index (χ2v) is 5.89. The van der Waals surface area contributed by atoms with Gasteiger partial charge in [-0.15, -0.1) is 0 Å². The van der Waals surface area contributed by atoms with Crippen molar-refractivity contribution in [2.24, 2.45) is 0 Å². The lowest BCUT2D eigenvalue weighted by molar-refractivity contribution is -0.121. The van der Waals surface area contributed by atoms with Crippen molar-refractivity contribution >= 4 is 15.9 Å². The Labute approximate surface area is 112 Å². The molecule has 1 heterocycles. The van der Waals surface area contributed by atoms with Gasteiger partial charge in [-0.1, -0.05) is 0 Å². The van der Waals surface area contributed by atoms with Crippen LogP contribution >= 0.6 is 0 Å². The van der Waals surface area contributed by atoms with Gasteiger partial charge in [-0.3, -0.25) is 9.89 Å². The quantitative estimate of drug-likeness (QED) is 0.609. The van der Waals surface area contributed by atoms with E-state index in [1.807, 2.05) is 0 Å². The van der Waals surface area contributed by atoms with Crippen LogP contribution in [0, 0.1) is 0 Å². The number of ether oxygens (including phenoxy) is 1. The van der Waals surface area contributed by atoms with Crippen molar-refractivity contribution in [3.05, 3.63) is 12.3 Å². The molecule has 0 unspecified atom stereocenters. The molecule has 0 aliphatic heterocycles. The van der Waals surface area contributed by atoms with Gasteiger partial charge in [-0.05, 0) is 12.5 Å². The predicted molar refractivity (Wildman–Crippen MR) is 67.9 cm³/mol. The standard InChI is InChI=1S/C10H18N4O4S/c1-14(8-9(15)11-5-3-7-18-2)19(16,17)10-4-6-12-13-10/h4,6H,3,5,7-8H2,1-2H3,(H,11,15)(H,12,13). The molecule has 0 bridgehead atoms. The Bertz CT molecular complexity index is 486. The first-order valence-electron chi connectivity index (χ1n) is 5.70. The maximum Gasteiger partial charge on any atom is 0.260 e. The molecule has 0 fully saturated rings. The summed E-state index contributed by atoms with van der Waals surface area (Å²) in [5.41, 5.74) is 0. The van der Waals surface area contributed by atoms with Gasteiger partial charge in [-0.2, -0.15) is 9.40 Å². The van der Waals surface area contributed by atoms with E-state index in [1.54, 1.807) is 7.11 Å². The van der Waals surface area contributed by atoms with Crippen LogP contribution in [-0.2, 0) is 19.6 Å². The highest BCUT2D eigenvalue weighted by Gasteiger charge is 2.23. The summed E-state index contributed by atoms with van der Waals surface area (Å²) < 4.78 is 29.7. The van der Waals surface area contributed by atoms with Crippen molar-refractivity contribution in [3.8, 4) is 0 Å². The van der Waals surface area contributed by atoms with Crippen molar-refractivity contribution in [2.45, 2.75) is 11.4 Å². The molecule has 108 valence electrons. The molecule has 9 heteroatoms. The lowest BCUT2D eigenvalue weighted by Crippen LogP contribution is -2.38. The van der Waals surface area contributed by atoms with Gasteiger partial charge in [0.05, 0.1) is 12.7 Å². The molecule has 0 aliphatic carbocycles. The molecule has 0 saturated carbocycles. The summed E-state index contributed by atoms with van der Waals surface area (Å²) in [6.45, 7) is 0.752. The monoisotopic (exact) mass is 290 g/mol. The van der Waals surface area contributed by atoms with Crippen LogP contribution < -0.4 is 5.32 Å². The zero-order valence-electron chi connectivity index (χ0n) is 10.9. The Balaban J connectivity index is 2.46. The molecule has 1 amide bonds. The van der Waals surface area contributed by atoms with E-state index in [2.05, 4.69) is 15.5 Å². The molecule has 1 aromatic heterocycles. The molecule has 2 N–H and O–H groups in total. The topological polar surface area (TPSA) is 104 Å². The Morgan fingerprint density at radius 2 is 2.32 bits per heavy atom. The highest BCUT2D eigenvalue weighted by atomic mass is 32.2. The van der Waals surface area contributed by atoms with E-state index in [0.717, 1.165) is 4.31 Å². The maximum absolute atomic E-state index is 12.0. The van der Waals surface area contributed by atoms with E-state index < -0.39 is 10.0 Å². The summed E-state index contributed by atoms with van der Waals surface area (Å²) in [5.74, 6) is -0.360. The second-order valence-electron chi connectivity index (χ2n) is 3.88. The highest BCUT2D eigenvalue weighted by molar-refractivity contribution is 7.89. The zero-order chi connectivity index (χ0) is 14.3. The number of aromatic amines is 1. The van der Waals surface area contributed by atoms with Crippen molar-refractivity contribution in [1.82, 2.24) is 19.8 Å². The lowest BCUT2D eigenvalue weighted by Gasteiger charge is -2.15. The van der Waals surface area contributed by atoms with Gasteiger partial charge in [0.25, 0.3) is 10.0 Å². The Morgan fingerprint density at radius 3 is 2.89 bits per heavy atom. The van der Waals surface area contributed by atoms with Crippen LogP contribution in [-0.4, -0.2) is 62.7 Å². The van der Waals surface area contributed by atoms with Gasteiger partial charge in [-0.25, -0.2) is 8.42 Å². The molecular weight excluding hydrogens is 272 g/mol. The number of carbonyl (C=O) groups excluding carboxylic acids is 1. The Morgan fingerprint density at radius 1 is 1.58 bits per heavy atom. The smallest absolute Gasteiger partial charge is 0.260 e. The number of carbonyl (C=O) groups is 1. The van der Waals surface area contributed by atoms with E-state index in [-0.39, 0.29) is 17.5 Å². The van der Waals surface area contributed by atoms with E-state index >= 15 is 0 Å². The Kier molecular flexibility index (Phi) is 5.93. The summed E-state index contributed by atoms with van der Waals surface area (Å²) in [7, 11) is -0.782.